The predicted octanol–water partition coefficient (Wildman–Crippen LogP) is 2.04. The van der Waals surface area contributed by atoms with E-state index in [2.05, 4.69) is 0 Å². The molecule has 0 aliphatic rings. The maximum Gasteiger partial charge on any atom is 0.373 e. The fourth-order valence-corrected chi connectivity index (χ4v) is 1.83. The summed E-state index contributed by atoms with van der Waals surface area (Å²) in [6.45, 7) is 5.19. The molecule has 0 heterocycles. The average molecular weight is 328 g/mol. The molecule has 0 radical (unpaired) electrons. The predicted molar refractivity (Wildman–Crippen MR) is 82.5 cm³/mol. The van der Waals surface area contributed by atoms with Crippen LogP contribution < -0.4 is 4.74 Å². The topological polar surface area (TPSA) is 72.5 Å². The SMILES string of the molecule is COCCOCOc1c(C)ccc(C(=O)OOCCOC)c1C. The number of hydrogen-bond acceptors (Lipinski definition) is 7. The molecule has 0 aliphatic heterocycles. The Hall–Kier alpha value is -1.67. The van der Waals surface area contributed by atoms with Gasteiger partial charge in [0.25, 0.3) is 0 Å². The molecule has 0 atom stereocenters. The first kappa shape index (κ1) is 19.4. The lowest BCUT2D eigenvalue weighted by Gasteiger charge is -2.14. The van der Waals surface area contributed by atoms with Crippen LogP contribution in [0.25, 0.3) is 0 Å². The van der Waals surface area contributed by atoms with Gasteiger partial charge in [0, 0.05) is 19.8 Å². The summed E-state index contributed by atoms with van der Waals surface area (Å²) in [5.74, 6) is 0.0116. The zero-order chi connectivity index (χ0) is 17.1. The summed E-state index contributed by atoms with van der Waals surface area (Å²) in [4.78, 5) is 21.5. The fourth-order valence-electron chi connectivity index (χ4n) is 1.83. The van der Waals surface area contributed by atoms with Gasteiger partial charge in [0.05, 0.1) is 25.4 Å². The number of carbonyl (C=O) groups is 1. The van der Waals surface area contributed by atoms with Crippen molar-refractivity contribution in [3.63, 3.8) is 0 Å². The van der Waals surface area contributed by atoms with E-state index in [1.807, 2.05) is 6.92 Å². The second-order valence-electron chi connectivity index (χ2n) is 4.73. The van der Waals surface area contributed by atoms with Crippen molar-refractivity contribution in [2.24, 2.45) is 0 Å². The third-order valence-electron chi connectivity index (χ3n) is 3.05. The lowest BCUT2D eigenvalue weighted by atomic mass is 10.0. The van der Waals surface area contributed by atoms with Crippen molar-refractivity contribution in [2.45, 2.75) is 13.8 Å². The van der Waals surface area contributed by atoms with Crippen molar-refractivity contribution >= 4 is 5.97 Å². The second kappa shape index (κ2) is 11.0. The molecule has 0 aliphatic carbocycles. The summed E-state index contributed by atoms with van der Waals surface area (Å²) in [6.07, 6.45) is 0. The van der Waals surface area contributed by atoms with Gasteiger partial charge in [-0.1, -0.05) is 6.07 Å². The lowest BCUT2D eigenvalue weighted by molar-refractivity contribution is -0.246. The highest BCUT2D eigenvalue weighted by atomic mass is 17.2. The zero-order valence-corrected chi connectivity index (χ0v) is 14.0. The van der Waals surface area contributed by atoms with Gasteiger partial charge in [-0.15, -0.1) is 0 Å². The molecule has 0 spiro atoms. The van der Waals surface area contributed by atoms with Crippen LogP contribution in [0.1, 0.15) is 21.5 Å². The van der Waals surface area contributed by atoms with Gasteiger partial charge in [-0.2, -0.15) is 4.89 Å². The van der Waals surface area contributed by atoms with Crippen LogP contribution in [0, 0.1) is 13.8 Å². The Labute approximate surface area is 136 Å². The summed E-state index contributed by atoms with van der Waals surface area (Å²) < 4.78 is 20.6. The molecule has 7 heteroatoms. The largest absolute Gasteiger partial charge is 0.467 e. The van der Waals surface area contributed by atoms with E-state index < -0.39 is 5.97 Å². The lowest BCUT2D eigenvalue weighted by Crippen LogP contribution is -2.13. The molecule has 23 heavy (non-hydrogen) atoms. The Morgan fingerprint density at radius 2 is 1.70 bits per heavy atom. The highest BCUT2D eigenvalue weighted by Crippen LogP contribution is 2.26. The molecule has 130 valence electrons. The third kappa shape index (κ3) is 6.54. The molecule has 0 aromatic heterocycles. The molecule has 0 amide bonds. The first-order valence-electron chi connectivity index (χ1n) is 7.24. The number of methoxy groups -OCH3 is 2. The number of aryl methyl sites for hydroxylation is 1. The van der Waals surface area contributed by atoms with Crippen molar-refractivity contribution in [2.75, 3.05) is 47.4 Å². The van der Waals surface area contributed by atoms with Crippen molar-refractivity contribution in [3.05, 3.63) is 28.8 Å². The number of benzene rings is 1. The van der Waals surface area contributed by atoms with Crippen LogP contribution in [0.3, 0.4) is 0 Å². The van der Waals surface area contributed by atoms with E-state index in [4.69, 9.17) is 28.7 Å². The fraction of sp³-hybridized carbons (Fsp3) is 0.562. The number of rotatable bonds is 11. The molecule has 0 bridgehead atoms. The molecule has 0 unspecified atom stereocenters. The van der Waals surface area contributed by atoms with Gasteiger partial charge in [-0.05, 0) is 25.5 Å². The number of ether oxygens (including phenoxy) is 4. The standard InChI is InChI=1S/C16H24O7/c1-12-5-6-14(16(17)23-22-10-8-19-4)13(2)15(12)21-11-20-9-7-18-3/h5-6H,7-11H2,1-4H3. The Morgan fingerprint density at radius 3 is 2.39 bits per heavy atom. The minimum atomic E-state index is -0.580. The van der Waals surface area contributed by atoms with Crippen LogP contribution in [-0.4, -0.2) is 53.4 Å². The van der Waals surface area contributed by atoms with E-state index in [9.17, 15) is 4.79 Å². The normalized spacial score (nSPS) is 10.6. The molecule has 1 aromatic carbocycles. The summed E-state index contributed by atoms with van der Waals surface area (Å²) in [5.41, 5.74) is 1.94. The Morgan fingerprint density at radius 1 is 1.00 bits per heavy atom. The number of hydrogen-bond donors (Lipinski definition) is 0. The van der Waals surface area contributed by atoms with Crippen molar-refractivity contribution < 1.29 is 33.5 Å². The maximum absolute atomic E-state index is 12.0. The quantitative estimate of drug-likeness (QED) is 0.266. The van der Waals surface area contributed by atoms with Crippen LogP contribution in [0.15, 0.2) is 12.1 Å². The van der Waals surface area contributed by atoms with Gasteiger partial charge in [0.15, 0.2) is 6.79 Å². The minimum absolute atomic E-state index is 0.0773. The summed E-state index contributed by atoms with van der Waals surface area (Å²) >= 11 is 0. The van der Waals surface area contributed by atoms with Crippen LogP contribution in [-0.2, 0) is 24.0 Å². The van der Waals surface area contributed by atoms with Gasteiger partial charge in [-0.25, -0.2) is 4.79 Å². The molecular weight excluding hydrogens is 304 g/mol. The molecular formula is C16H24O7. The molecule has 0 saturated heterocycles. The number of carbonyl (C=O) groups excluding carboxylic acids is 1. The monoisotopic (exact) mass is 328 g/mol. The summed E-state index contributed by atoms with van der Waals surface area (Å²) in [5, 5.41) is 0. The van der Waals surface area contributed by atoms with E-state index in [0.29, 0.717) is 36.7 Å². The summed E-state index contributed by atoms with van der Waals surface area (Å²) in [7, 11) is 3.13. The van der Waals surface area contributed by atoms with Crippen molar-refractivity contribution in [1.82, 2.24) is 0 Å². The maximum atomic E-state index is 12.0. The van der Waals surface area contributed by atoms with Crippen molar-refractivity contribution in [3.8, 4) is 5.75 Å². The highest BCUT2D eigenvalue weighted by Gasteiger charge is 2.17. The van der Waals surface area contributed by atoms with Gasteiger partial charge >= 0.3 is 5.97 Å². The first-order valence-corrected chi connectivity index (χ1v) is 7.24. The first-order chi connectivity index (χ1) is 11.1. The highest BCUT2D eigenvalue weighted by molar-refractivity contribution is 5.91. The molecule has 0 fully saturated rings. The Bertz CT molecular complexity index is 488. The Balaban J connectivity index is 2.64. The molecule has 0 N–H and O–H groups in total. The van der Waals surface area contributed by atoms with Gasteiger partial charge < -0.3 is 18.9 Å². The molecule has 1 aromatic rings. The summed E-state index contributed by atoms with van der Waals surface area (Å²) in [6, 6.07) is 3.45. The van der Waals surface area contributed by atoms with E-state index in [-0.39, 0.29) is 13.4 Å². The molecule has 0 saturated carbocycles. The second-order valence-corrected chi connectivity index (χ2v) is 4.73. The van der Waals surface area contributed by atoms with Crippen LogP contribution in [0.2, 0.25) is 0 Å². The van der Waals surface area contributed by atoms with Crippen LogP contribution in [0.4, 0.5) is 0 Å². The molecule has 1 rings (SSSR count). The zero-order valence-electron chi connectivity index (χ0n) is 14.0. The van der Waals surface area contributed by atoms with E-state index in [1.165, 1.54) is 7.11 Å². The van der Waals surface area contributed by atoms with E-state index in [0.717, 1.165) is 5.56 Å². The van der Waals surface area contributed by atoms with Gasteiger partial charge in [0.1, 0.15) is 12.4 Å². The molecule has 7 nitrogen and oxygen atoms in total. The third-order valence-corrected chi connectivity index (χ3v) is 3.05. The van der Waals surface area contributed by atoms with E-state index in [1.54, 1.807) is 26.2 Å². The van der Waals surface area contributed by atoms with E-state index >= 15 is 0 Å². The van der Waals surface area contributed by atoms with Crippen LogP contribution >= 0.6 is 0 Å². The van der Waals surface area contributed by atoms with Crippen molar-refractivity contribution in [1.29, 1.82) is 0 Å². The van der Waals surface area contributed by atoms with Gasteiger partial charge in [0.2, 0.25) is 0 Å². The smallest absolute Gasteiger partial charge is 0.373 e. The van der Waals surface area contributed by atoms with Gasteiger partial charge in [-0.3, -0.25) is 4.89 Å². The minimum Gasteiger partial charge on any atom is -0.467 e. The van der Waals surface area contributed by atoms with Crippen LogP contribution in [0.5, 0.6) is 5.75 Å². The Kier molecular flexibility index (Phi) is 9.23. The average Bonchev–Trinajstić information content (AvgIpc) is 2.54.